The van der Waals surface area contributed by atoms with E-state index in [4.69, 9.17) is 4.74 Å². The molecular formula is C19H19NOS. The van der Waals surface area contributed by atoms with Crippen LogP contribution >= 0.6 is 11.8 Å². The van der Waals surface area contributed by atoms with Crippen LogP contribution in [0.1, 0.15) is 18.1 Å². The number of rotatable bonds is 6. The van der Waals surface area contributed by atoms with Crippen LogP contribution in [0.2, 0.25) is 0 Å². The number of fused-ring (bicyclic) bond motifs is 1. The van der Waals surface area contributed by atoms with Crippen molar-refractivity contribution in [3.63, 3.8) is 0 Å². The molecule has 1 aromatic heterocycles. The average molecular weight is 309 g/mol. The molecule has 0 bridgehead atoms. The van der Waals surface area contributed by atoms with Gasteiger partial charge in [0, 0.05) is 28.7 Å². The Kier molecular flexibility index (Phi) is 4.96. The Morgan fingerprint density at radius 1 is 0.909 bits per heavy atom. The predicted molar refractivity (Wildman–Crippen MR) is 94.4 cm³/mol. The quantitative estimate of drug-likeness (QED) is 0.635. The van der Waals surface area contributed by atoms with Gasteiger partial charge in [-0.1, -0.05) is 42.5 Å². The van der Waals surface area contributed by atoms with Crippen LogP contribution in [0.15, 0.2) is 60.8 Å². The number of ether oxygens (including phenoxy) is 1. The van der Waals surface area contributed by atoms with Gasteiger partial charge in [0.2, 0.25) is 0 Å². The van der Waals surface area contributed by atoms with Crippen molar-refractivity contribution in [1.29, 1.82) is 0 Å². The summed E-state index contributed by atoms with van der Waals surface area (Å²) in [6, 6.07) is 18.7. The van der Waals surface area contributed by atoms with Crippen molar-refractivity contribution in [2.75, 3.05) is 6.61 Å². The van der Waals surface area contributed by atoms with E-state index in [9.17, 15) is 0 Å². The van der Waals surface area contributed by atoms with Gasteiger partial charge in [0.25, 0.3) is 0 Å². The van der Waals surface area contributed by atoms with Crippen LogP contribution in [0.3, 0.4) is 0 Å². The van der Waals surface area contributed by atoms with E-state index in [0.717, 1.165) is 22.8 Å². The molecule has 3 rings (SSSR count). The van der Waals surface area contributed by atoms with Gasteiger partial charge in [-0.15, -0.1) is 0 Å². The lowest BCUT2D eigenvalue weighted by atomic mass is 10.1. The molecule has 0 atom stereocenters. The fourth-order valence-electron chi connectivity index (χ4n) is 2.47. The summed E-state index contributed by atoms with van der Waals surface area (Å²) in [4.78, 5) is 4.52. The summed E-state index contributed by atoms with van der Waals surface area (Å²) < 4.78 is 5.68. The Bertz CT molecular complexity index is 752. The predicted octanol–water partition coefficient (Wildman–Crippen LogP) is 5.07. The van der Waals surface area contributed by atoms with Gasteiger partial charge in [0.1, 0.15) is 5.75 Å². The molecule has 0 aliphatic carbocycles. The Morgan fingerprint density at radius 3 is 2.59 bits per heavy atom. The zero-order valence-electron chi connectivity index (χ0n) is 12.7. The second-order valence-corrected chi connectivity index (χ2v) is 6.01. The highest BCUT2D eigenvalue weighted by atomic mass is 32.2. The molecule has 3 aromatic rings. The molecular weight excluding hydrogens is 290 g/mol. The van der Waals surface area contributed by atoms with Gasteiger partial charge in [0.05, 0.1) is 12.1 Å². The first-order valence-corrected chi connectivity index (χ1v) is 8.65. The van der Waals surface area contributed by atoms with Crippen LogP contribution in [0.25, 0.3) is 10.9 Å². The smallest absolute Gasteiger partial charge is 0.123 e. The summed E-state index contributed by atoms with van der Waals surface area (Å²) >= 11 is 1.89. The maximum atomic E-state index is 5.68. The molecule has 0 saturated heterocycles. The van der Waals surface area contributed by atoms with E-state index in [1.165, 1.54) is 16.5 Å². The molecule has 1 heterocycles. The highest BCUT2D eigenvalue weighted by molar-refractivity contribution is 7.97. The van der Waals surface area contributed by atoms with Crippen LogP contribution in [-0.4, -0.2) is 11.6 Å². The highest BCUT2D eigenvalue weighted by Crippen LogP contribution is 2.27. The zero-order valence-corrected chi connectivity index (χ0v) is 13.5. The van der Waals surface area contributed by atoms with E-state index in [0.29, 0.717) is 6.61 Å². The lowest BCUT2D eigenvalue weighted by molar-refractivity contribution is 0.337. The minimum atomic E-state index is 0.703. The molecule has 0 aliphatic heterocycles. The van der Waals surface area contributed by atoms with Crippen LogP contribution in [0, 0.1) is 0 Å². The topological polar surface area (TPSA) is 22.1 Å². The summed E-state index contributed by atoms with van der Waals surface area (Å²) in [6.45, 7) is 2.72. The minimum absolute atomic E-state index is 0.703. The van der Waals surface area contributed by atoms with Crippen LogP contribution in [-0.2, 0) is 11.5 Å². The molecule has 2 nitrogen and oxygen atoms in total. The molecule has 0 N–H and O–H groups in total. The fourth-order valence-corrected chi connectivity index (χ4v) is 3.49. The fraction of sp³-hybridized carbons (Fsp3) is 0.211. The van der Waals surface area contributed by atoms with Crippen molar-refractivity contribution in [3.05, 3.63) is 71.9 Å². The van der Waals surface area contributed by atoms with Crippen molar-refractivity contribution in [2.45, 2.75) is 18.4 Å². The normalized spacial score (nSPS) is 10.8. The Morgan fingerprint density at radius 2 is 1.68 bits per heavy atom. The summed E-state index contributed by atoms with van der Waals surface area (Å²) in [5.41, 5.74) is 3.65. The number of hydrogen-bond acceptors (Lipinski definition) is 3. The van der Waals surface area contributed by atoms with E-state index in [1.54, 1.807) is 0 Å². The van der Waals surface area contributed by atoms with Crippen LogP contribution in [0.4, 0.5) is 0 Å². The SMILES string of the molecule is CCOc1ccccc1CSCc1cccc2cccnc12. The third-order valence-corrected chi connectivity index (χ3v) is 4.53. The molecule has 112 valence electrons. The molecule has 2 aromatic carbocycles. The van der Waals surface area contributed by atoms with Crippen LogP contribution < -0.4 is 4.74 Å². The van der Waals surface area contributed by atoms with E-state index >= 15 is 0 Å². The number of aromatic nitrogens is 1. The summed E-state index contributed by atoms with van der Waals surface area (Å²) in [6.07, 6.45) is 1.86. The van der Waals surface area contributed by atoms with Gasteiger partial charge in [0.15, 0.2) is 0 Å². The first-order valence-electron chi connectivity index (χ1n) is 7.49. The summed E-state index contributed by atoms with van der Waals surface area (Å²) in [5, 5.41) is 1.20. The number of thioether (sulfide) groups is 1. The van der Waals surface area contributed by atoms with Gasteiger partial charge >= 0.3 is 0 Å². The highest BCUT2D eigenvalue weighted by Gasteiger charge is 2.05. The first kappa shape index (κ1) is 14.9. The Labute approximate surface area is 135 Å². The standard InChI is InChI=1S/C19H19NOS/c1-2-21-18-11-4-3-7-16(18)13-22-14-17-9-5-8-15-10-6-12-20-19(15)17/h3-12H,2,13-14H2,1H3. The van der Waals surface area contributed by atoms with Crippen molar-refractivity contribution < 1.29 is 4.74 Å². The van der Waals surface area contributed by atoms with E-state index in [1.807, 2.05) is 43.1 Å². The number of benzene rings is 2. The molecule has 0 spiro atoms. The van der Waals surface area contributed by atoms with Gasteiger partial charge in [-0.25, -0.2) is 0 Å². The number of nitrogens with zero attached hydrogens (tertiary/aromatic N) is 1. The number of para-hydroxylation sites is 2. The second-order valence-electron chi connectivity index (χ2n) is 5.03. The molecule has 0 radical (unpaired) electrons. The zero-order chi connectivity index (χ0) is 15.2. The number of pyridine rings is 1. The third kappa shape index (κ3) is 3.42. The number of hydrogen-bond donors (Lipinski definition) is 0. The monoisotopic (exact) mass is 309 g/mol. The van der Waals surface area contributed by atoms with Gasteiger partial charge in [-0.3, -0.25) is 4.98 Å². The van der Waals surface area contributed by atoms with Crippen molar-refractivity contribution >= 4 is 22.7 Å². The van der Waals surface area contributed by atoms with Gasteiger partial charge in [-0.05, 0) is 24.6 Å². The molecule has 0 saturated carbocycles. The van der Waals surface area contributed by atoms with Gasteiger partial charge in [-0.2, -0.15) is 11.8 Å². The molecule has 0 fully saturated rings. The first-order chi connectivity index (χ1) is 10.9. The molecule has 3 heteroatoms. The Balaban J connectivity index is 1.70. The minimum Gasteiger partial charge on any atom is -0.494 e. The van der Waals surface area contributed by atoms with Crippen molar-refractivity contribution in [2.24, 2.45) is 0 Å². The van der Waals surface area contributed by atoms with E-state index in [2.05, 4.69) is 41.4 Å². The van der Waals surface area contributed by atoms with E-state index < -0.39 is 0 Å². The van der Waals surface area contributed by atoms with Gasteiger partial charge < -0.3 is 4.74 Å². The lowest BCUT2D eigenvalue weighted by Crippen LogP contribution is -1.95. The lowest BCUT2D eigenvalue weighted by Gasteiger charge is -2.10. The molecule has 0 aliphatic rings. The summed E-state index contributed by atoms with van der Waals surface area (Å²) in [5.74, 6) is 2.89. The van der Waals surface area contributed by atoms with Crippen molar-refractivity contribution in [1.82, 2.24) is 4.98 Å². The maximum Gasteiger partial charge on any atom is 0.123 e. The Hall–Kier alpha value is -2.00. The molecule has 0 amide bonds. The second kappa shape index (κ2) is 7.32. The average Bonchev–Trinajstić information content (AvgIpc) is 2.57. The summed E-state index contributed by atoms with van der Waals surface area (Å²) in [7, 11) is 0. The van der Waals surface area contributed by atoms with Crippen molar-refractivity contribution in [3.8, 4) is 5.75 Å². The molecule has 0 unspecified atom stereocenters. The maximum absolute atomic E-state index is 5.68. The largest absolute Gasteiger partial charge is 0.494 e. The third-order valence-electron chi connectivity index (χ3n) is 3.50. The molecule has 22 heavy (non-hydrogen) atoms. The van der Waals surface area contributed by atoms with E-state index in [-0.39, 0.29) is 0 Å². The van der Waals surface area contributed by atoms with Crippen LogP contribution in [0.5, 0.6) is 5.75 Å².